The fourth-order valence-corrected chi connectivity index (χ4v) is 1.80. The van der Waals surface area contributed by atoms with E-state index in [1.54, 1.807) is 6.92 Å². The minimum absolute atomic E-state index is 0.0452. The quantitative estimate of drug-likeness (QED) is 0.881. The highest BCUT2D eigenvalue weighted by atomic mass is 19.2. The Hall–Kier alpha value is -2.17. The van der Waals surface area contributed by atoms with Gasteiger partial charge in [0.1, 0.15) is 11.6 Å². The van der Waals surface area contributed by atoms with Crippen LogP contribution in [0.5, 0.6) is 5.75 Å². The van der Waals surface area contributed by atoms with Gasteiger partial charge in [0.2, 0.25) is 0 Å². The van der Waals surface area contributed by atoms with Crippen molar-refractivity contribution in [2.75, 3.05) is 5.32 Å². The number of aromatic hydroxyl groups is 1. The Labute approximate surface area is 108 Å². The molecule has 0 radical (unpaired) electrons. The molecule has 2 aromatic rings. The number of rotatable bonds is 3. The summed E-state index contributed by atoms with van der Waals surface area (Å²) < 4.78 is 39.7. The monoisotopic (exact) mass is 267 g/mol. The van der Waals surface area contributed by atoms with Gasteiger partial charge >= 0.3 is 0 Å². The standard InChI is InChI=1S/C14H12F3NO/c1-8(10-7-9(15)5-6-13(10)19)18-12-4-2-3-11(16)14(12)17/h2-8,18-19H,1H3. The molecule has 0 aliphatic rings. The Morgan fingerprint density at radius 2 is 1.84 bits per heavy atom. The first-order valence-electron chi connectivity index (χ1n) is 5.68. The van der Waals surface area contributed by atoms with E-state index in [4.69, 9.17) is 0 Å². The average Bonchev–Trinajstić information content (AvgIpc) is 2.38. The zero-order chi connectivity index (χ0) is 14.0. The van der Waals surface area contributed by atoms with E-state index in [1.165, 1.54) is 18.2 Å². The SMILES string of the molecule is CC(Nc1cccc(F)c1F)c1cc(F)ccc1O. The highest BCUT2D eigenvalue weighted by Gasteiger charge is 2.14. The summed E-state index contributed by atoms with van der Waals surface area (Å²) in [5, 5.41) is 12.3. The summed E-state index contributed by atoms with van der Waals surface area (Å²) in [6.45, 7) is 1.61. The summed E-state index contributed by atoms with van der Waals surface area (Å²) in [4.78, 5) is 0. The van der Waals surface area contributed by atoms with Gasteiger partial charge in [-0.05, 0) is 37.3 Å². The molecule has 19 heavy (non-hydrogen) atoms. The Bertz CT molecular complexity index is 601. The normalized spacial score (nSPS) is 12.2. The van der Waals surface area contributed by atoms with E-state index in [9.17, 15) is 18.3 Å². The van der Waals surface area contributed by atoms with Crippen molar-refractivity contribution in [3.63, 3.8) is 0 Å². The Kier molecular flexibility index (Phi) is 3.64. The van der Waals surface area contributed by atoms with Crippen LogP contribution in [0.25, 0.3) is 0 Å². The van der Waals surface area contributed by atoms with Gasteiger partial charge < -0.3 is 10.4 Å². The van der Waals surface area contributed by atoms with Gasteiger partial charge in [0, 0.05) is 5.56 Å². The van der Waals surface area contributed by atoms with Gasteiger partial charge in [-0.3, -0.25) is 0 Å². The molecular weight excluding hydrogens is 255 g/mol. The molecule has 0 saturated carbocycles. The second-order valence-electron chi connectivity index (χ2n) is 4.17. The lowest BCUT2D eigenvalue weighted by Gasteiger charge is -2.17. The number of hydrogen-bond acceptors (Lipinski definition) is 2. The van der Waals surface area contributed by atoms with Crippen LogP contribution in [0.4, 0.5) is 18.9 Å². The summed E-state index contributed by atoms with van der Waals surface area (Å²) in [6.07, 6.45) is 0. The number of benzene rings is 2. The van der Waals surface area contributed by atoms with Crippen LogP contribution in [0, 0.1) is 17.5 Å². The number of nitrogens with one attached hydrogen (secondary N) is 1. The molecule has 0 fully saturated rings. The maximum atomic E-state index is 13.5. The van der Waals surface area contributed by atoms with Crippen molar-refractivity contribution < 1.29 is 18.3 Å². The summed E-state index contributed by atoms with van der Waals surface area (Å²) in [7, 11) is 0. The molecule has 0 saturated heterocycles. The molecule has 0 spiro atoms. The molecule has 2 N–H and O–H groups in total. The second-order valence-corrected chi connectivity index (χ2v) is 4.17. The molecule has 5 heteroatoms. The number of hydrogen-bond donors (Lipinski definition) is 2. The highest BCUT2D eigenvalue weighted by molar-refractivity contribution is 5.48. The van der Waals surface area contributed by atoms with Crippen LogP contribution in [0.3, 0.4) is 0 Å². The first-order valence-corrected chi connectivity index (χ1v) is 5.68. The van der Waals surface area contributed by atoms with Crippen molar-refractivity contribution in [3.8, 4) is 5.75 Å². The Morgan fingerprint density at radius 1 is 1.11 bits per heavy atom. The van der Waals surface area contributed by atoms with Gasteiger partial charge in [-0.2, -0.15) is 0 Å². The predicted octanol–water partition coefficient (Wildman–Crippen LogP) is 3.98. The fraction of sp³-hybridized carbons (Fsp3) is 0.143. The molecular formula is C14H12F3NO. The summed E-state index contributed by atoms with van der Waals surface area (Å²) in [5.41, 5.74) is 0.222. The largest absolute Gasteiger partial charge is 0.508 e. The van der Waals surface area contributed by atoms with Crippen molar-refractivity contribution in [2.45, 2.75) is 13.0 Å². The number of phenols is 1. The van der Waals surface area contributed by atoms with Gasteiger partial charge in [0.05, 0.1) is 11.7 Å². The Morgan fingerprint density at radius 3 is 2.58 bits per heavy atom. The van der Waals surface area contributed by atoms with E-state index in [0.717, 1.165) is 18.2 Å². The minimum atomic E-state index is -1.01. The highest BCUT2D eigenvalue weighted by Crippen LogP contribution is 2.28. The van der Waals surface area contributed by atoms with Crippen LogP contribution in [-0.2, 0) is 0 Å². The smallest absolute Gasteiger partial charge is 0.181 e. The van der Waals surface area contributed by atoms with Crippen molar-refractivity contribution >= 4 is 5.69 Å². The van der Waals surface area contributed by atoms with E-state index in [0.29, 0.717) is 0 Å². The zero-order valence-corrected chi connectivity index (χ0v) is 10.1. The zero-order valence-electron chi connectivity index (χ0n) is 10.1. The summed E-state index contributed by atoms with van der Waals surface area (Å²) in [5.74, 6) is -2.61. The van der Waals surface area contributed by atoms with Gasteiger partial charge in [-0.25, -0.2) is 13.2 Å². The van der Waals surface area contributed by atoms with Crippen LogP contribution in [-0.4, -0.2) is 5.11 Å². The van der Waals surface area contributed by atoms with E-state index in [1.807, 2.05) is 0 Å². The first kappa shape index (κ1) is 13.3. The minimum Gasteiger partial charge on any atom is -0.508 e. The fourth-order valence-electron chi connectivity index (χ4n) is 1.80. The summed E-state index contributed by atoms with van der Waals surface area (Å²) in [6, 6.07) is 6.63. The lowest BCUT2D eigenvalue weighted by Crippen LogP contribution is -2.09. The number of phenolic OH excluding ortho intramolecular Hbond substituents is 1. The van der Waals surface area contributed by atoms with Crippen LogP contribution < -0.4 is 5.32 Å². The van der Waals surface area contributed by atoms with Crippen LogP contribution in [0.2, 0.25) is 0 Å². The van der Waals surface area contributed by atoms with E-state index in [-0.39, 0.29) is 17.0 Å². The molecule has 1 atom stereocenters. The van der Waals surface area contributed by atoms with E-state index < -0.39 is 23.5 Å². The second kappa shape index (κ2) is 5.22. The molecule has 0 aromatic heterocycles. The van der Waals surface area contributed by atoms with Gasteiger partial charge in [-0.1, -0.05) is 6.07 Å². The maximum Gasteiger partial charge on any atom is 0.181 e. The third-order valence-electron chi connectivity index (χ3n) is 2.78. The molecule has 2 rings (SSSR count). The molecule has 0 aliphatic heterocycles. The maximum absolute atomic E-state index is 13.5. The van der Waals surface area contributed by atoms with Crippen LogP contribution in [0.1, 0.15) is 18.5 Å². The molecule has 0 amide bonds. The van der Waals surface area contributed by atoms with Crippen LogP contribution >= 0.6 is 0 Å². The predicted molar refractivity (Wildman–Crippen MR) is 66.5 cm³/mol. The van der Waals surface area contributed by atoms with Crippen molar-refractivity contribution in [1.82, 2.24) is 0 Å². The van der Waals surface area contributed by atoms with E-state index in [2.05, 4.69) is 5.32 Å². The molecule has 100 valence electrons. The number of anilines is 1. The van der Waals surface area contributed by atoms with Crippen molar-refractivity contribution in [1.29, 1.82) is 0 Å². The number of halogens is 3. The van der Waals surface area contributed by atoms with Gasteiger partial charge in [0.15, 0.2) is 11.6 Å². The third-order valence-corrected chi connectivity index (χ3v) is 2.78. The topological polar surface area (TPSA) is 32.3 Å². The van der Waals surface area contributed by atoms with E-state index >= 15 is 0 Å². The molecule has 0 heterocycles. The molecule has 2 nitrogen and oxygen atoms in total. The molecule has 2 aromatic carbocycles. The Balaban J connectivity index is 2.28. The van der Waals surface area contributed by atoms with Gasteiger partial charge in [0.25, 0.3) is 0 Å². The molecule has 0 bridgehead atoms. The van der Waals surface area contributed by atoms with Crippen molar-refractivity contribution in [3.05, 3.63) is 59.4 Å². The average molecular weight is 267 g/mol. The molecule has 1 unspecified atom stereocenters. The third kappa shape index (κ3) is 2.81. The molecule has 0 aliphatic carbocycles. The summed E-state index contributed by atoms with van der Waals surface area (Å²) >= 11 is 0. The van der Waals surface area contributed by atoms with Gasteiger partial charge in [-0.15, -0.1) is 0 Å². The first-order chi connectivity index (χ1) is 8.99. The van der Waals surface area contributed by atoms with Crippen molar-refractivity contribution in [2.24, 2.45) is 0 Å². The van der Waals surface area contributed by atoms with Crippen LogP contribution in [0.15, 0.2) is 36.4 Å². The lowest BCUT2D eigenvalue weighted by atomic mass is 10.1. The lowest BCUT2D eigenvalue weighted by molar-refractivity contribution is 0.462.